The molecule has 0 aliphatic carbocycles. The van der Waals surface area contributed by atoms with Crippen LogP contribution >= 0.6 is 0 Å². The number of carbonyl (C=O) groups excluding carboxylic acids is 1. The van der Waals surface area contributed by atoms with Gasteiger partial charge in [-0.1, -0.05) is 6.92 Å². The zero-order chi connectivity index (χ0) is 17.7. The molecule has 2 N–H and O–H groups in total. The third kappa shape index (κ3) is 4.11. The lowest BCUT2D eigenvalue weighted by atomic mass is 10.2. The van der Waals surface area contributed by atoms with Crippen LogP contribution in [0.4, 0.5) is 14.9 Å². The largest absolute Gasteiger partial charge is 0.395 e. The van der Waals surface area contributed by atoms with Crippen molar-refractivity contribution >= 4 is 11.7 Å². The highest BCUT2D eigenvalue weighted by molar-refractivity contribution is 5.89. The molecule has 0 fully saturated rings. The summed E-state index contributed by atoms with van der Waals surface area (Å²) >= 11 is 0. The van der Waals surface area contributed by atoms with Gasteiger partial charge in [-0.2, -0.15) is 5.10 Å². The van der Waals surface area contributed by atoms with Crippen LogP contribution in [0.2, 0.25) is 0 Å². The Balaban J connectivity index is 2.17. The Morgan fingerprint density at radius 2 is 2.08 bits per heavy atom. The van der Waals surface area contributed by atoms with E-state index >= 15 is 0 Å². The summed E-state index contributed by atoms with van der Waals surface area (Å²) in [6, 6.07) is 6.00. The third-order valence-corrected chi connectivity index (χ3v) is 3.59. The van der Waals surface area contributed by atoms with Crippen LogP contribution < -0.4 is 5.32 Å². The van der Waals surface area contributed by atoms with Crippen LogP contribution in [0.25, 0.3) is 5.69 Å². The standard InChI is InChI=1S/C17H23FN4O2/c1-4-7-21(8-9-23)17(24)19-14-5-6-16(15(18)11-14)22-13(3)10-12(2)20-22/h5-6,10-11,23H,4,7-9H2,1-3H3,(H,19,24). The molecule has 7 heteroatoms. The van der Waals surface area contributed by atoms with E-state index in [1.165, 1.54) is 15.6 Å². The summed E-state index contributed by atoms with van der Waals surface area (Å²) < 4.78 is 15.9. The van der Waals surface area contributed by atoms with E-state index in [2.05, 4.69) is 10.4 Å². The summed E-state index contributed by atoms with van der Waals surface area (Å²) in [5.41, 5.74) is 2.34. The number of hydrogen-bond acceptors (Lipinski definition) is 3. The number of aliphatic hydroxyl groups excluding tert-OH is 1. The lowest BCUT2D eigenvalue weighted by Gasteiger charge is -2.21. The van der Waals surface area contributed by atoms with Crippen LogP contribution in [0.5, 0.6) is 0 Å². The lowest BCUT2D eigenvalue weighted by Crippen LogP contribution is -2.37. The van der Waals surface area contributed by atoms with Gasteiger partial charge in [-0.05, 0) is 44.5 Å². The Kier molecular flexibility index (Phi) is 5.92. The highest BCUT2D eigenvalue weighted by atomic mass is 19.1. The SMILES string of the molecule is CCCN(CCO)C(=O)Nc1ccc(-n2nc(C)cc2C)c(F)c1. The third-order valence-electron chi connectivity index (χ3n) is 3.59. The van der Waals surface area contributed by atoms with E-state index in [4.69, 9.17) is 5.11 Å². The van der Waals surface area contributed by atoms with Crippen molar-refractivity contribution in [2.75, 3.05) is 25.0 Å². The van der Waals surface area contributed by atoms with Gasteiger partial charge >= 0.3 is 6.03 Å². The molecule has 1 heterocycles. The van der Waals surface area contributed by atoms with Crippen molar-refractivity contribution in [2.24, 2.45) is 0 Å². The van der Waals surface area contributed by atoms with E-state index < -0.39 is 5.82 Å². The predicted molar refractivity (Wildman–Crippen MR) is 91.0 cm³/mol. The van der Waals surface area contributed by atoms with Crippen molar-refractivity contribution in [1.82, 2.24) is 14.7 Å². The van der Waals surface area contributed by atoms with Crippen molar-refractivity contribution in [3.8, 4) is 5.69 Å². The molecule has 130 valence electrons. The zero-order valence-electron chi connectivity index (χ0n) is 14.2. The van der Waals surface area contributed by atoms with E-state index in [1.807, 2.05) is 26.8 Å². The van der Waals surface area contributed by atoms with Crippen LogP contribution in [-0.4, -0.2) is 45.5 Å². The maximum atomic E-state index is 14.4. The van der Waals surface area contributed by atoms with Crippen LogP contribution in [-0.2, 0) is 0 Å². The van der Waals surface area contributed by atoms with Crippen molar-refractivity contribution in [2.45, 2.75) is 27.2 Å². The second-order valence-corrected chi connectivity index (χ2v) is 5.65. The molecule has 2 rings (SSSR count). The molecule has 2 amide bonds. The van der Waals surface area contributed by atoms with Gasteiger partial charge in [-0.15, -0.1) is 0 Å². The van der Waals surface area contributed by atoms with Crippen LogP contribution in [0.15, 0.2) is 24.3 Å². The fourth-order valence-corrected chi connectivity index (χ4v) is 2.54. The Hall–Kier alpha value is -2.41. The average Bonchev–Trinajstić information content (AvgIpc) is 2.85. The van der Waals surface area contributed by atoms with Gasteiger partial charge < -0.3 is 15.3 Å². The number of rotatable bonds is 6. The van der Waals surface area contributed by atoms with Crippen LogP contribution in [0, 0.1) is 19.7 Å². The Bertz CT molecular complexity index is 709. The highest BCUT2D eigenvalue weighted by Gasteiger charge is 2.14. The van der Waals surface area contributed by atoms with Crippen LogP contribution in [0.1, 0.15) is 24.7 Å². The molecular formula is C17H23FN4O2. The quantitative estimate of drug-likeness (QED) is 0.853. The first-order valence-corrected chi connectivity index (χ1v) is 7.96. The minimum absolute atomic E-state index is 0.112. The van der Waals surface area contributed by atoms with Gasteiger partial charge in [0.05, 0.1) is 12.3 Å². The number of carbonyl (C=O) groups is 1. The first-order valence-electron chi connectivity index (χ1n) is 7.96. The number of anilines is 1. The number of urea groups is 1. The van der Waals surface area contributed by atoms with Crippen molar-refractivity contribution in [1.29, 1.82) is 0 Å². The number of hydrogen-bond donors (Lipinski definition) is 2. The summed E-state index contributed by atoms with van der Waals surface area (Å²) in [5, 5.41) is 15.9. The maximum absolute atomic E-state index is 14.4. The molecule has 0 saturated heterocycles. The molecule has 6 nitrogen and oxygen atoms in total. The molecule has 0 unspecified atom stereocenters. The Labute approximate surface area is 140 Å². The second kappa shape index (κ2) is 7.92. The number of nitrogens with zero attached hydrogens (tertiary/aromatic N) is 3. The molecule has 2 aromatic rings. The summed E-state index contributed by atoms with van der Waals surface area (Å²) in [6.07, 6.45) is 0.776. The van der Waals surface area contributed by atoms with Gasteiger partial charge in [0.1, 0.15) is 5.69 Å². The van der Waals surface area contributed by atoms with Gasteiger partial charge in [-0.3, -0.25) is 0 Å². The van der Waals surface area contributed by atoms with Crippen molar-refractivity contribution in [3.05, 3.63) is 41.5 Å². The van der Waals surface area contributed by atoms with Crippen LogP contribution in [0.3, 0.4) is 0 Å². The number of amides is 2. The molecule has 0 atom stereocenters. The molecule has 0 saturated carbocycles. The van der Waals surface area contributed by atoms with Crippen molar-refractivity contribution < 1.29 is 14.3 Å². The van der Waals surface area contributed by atoms with Gasteiger partial charge in [0.2, 0.25) is 0 Å². The van der Waals surface area contributed by atoms with Crippen molar-refractivity contribution in [3.63, 3.8) is 0 Å². The Morgan fingerprint density at radius 3 is 2.62 bits per heavy atom. The molecule has 1 aromatic carbocycles. The van der Waals surface area contributed by atoms with E-state index in [-0.39, 0.29) is 19.2 Å². The molecule has 0 bridgehead atoms. The number of aliphatic hydroxyl groups is 1. The molecule has 1 aromatic heterocycles. The topological polar surface area (TPSA) is 70.4 Å². The summed E-state index contributed by atoms with van der Waals surface area (Å²) in [6.45, 7) is 6.30. The minimum atomic E-state index is -0.469. The molecule has 0 spiro atoms. The van der Waals surface area contributed by atoms with E-state index in [0.717, 1.165) is 17.8 Å². The first-order chi connectivity index (χ1) is 11.5. The fraction of sp³-hybridized carbons (Fsp3) is 0.412. The van der Waals surface area contributed by atoms with Gasteiger partial charge in [0, 0.05) is 24.5 Å². The summed E-state index contributed by atoms with van der Waals surface area (Å²) in [7, 11) is 0. The van der Waals surface area contributed by atoms with Gasteiger partial charge in [0.15, 0.2) is 5.82 Å². The molecular weight excluding hydrogens is 311 g/mol. The second-order valence-electron chi connectivity index (χ2n) is 5.65. The number of benzene rings is 1. The molecule has 0 aliphatic rings. The summed E-state index contributed by atoms with van der Waals surface area (Å²) in [4.78, 5) is 13.7. The minimum Gasteiger partial charge on any atom is -0.395 e. The zero-order valence-corrected chi connectivity index (χ0v) is 14.2. The fourth-order valence-electron chi connectivity index (χ4n) is 2.54. The highest BCUT2D eigenvalue weighted by Crippen LogP contribution is 2.20. The van der Waals surface area contributed by atoms with Gasteiger partial charge in [0.25, 0.3) is 0 Å². The Morgan fingerprint density at radius 1 is 1.33 bits per heavy atom. The number of nitrogens with one attached hydrogen (secondary N) is 1. The number of aryl methyl sites for hydroxylation is 2. The first kappa shape index (κ1) is 17.9. The number of halogens is 1. The monoisotopic (exact) mass is 334 g/mol. The predicted octanol–water partition coefficient (Wildman–Crippen LogP) is 2.86. The van der Waals surface area contributed by atoms with Gasteiger partial charge in [-0.25, -0.2) is 13.9 Å². The lowest BCUT2D eigenvalue weighted by molar-refractivity contribution is 0.188. The smallest absolute Gasteiger partial charge is 0.321 e. The summed E-state index contributed by atoms with van der Waals surface area (Å²) in [5.74, 6) is -0.469. The maximum Gasteiger partial charge on any atom is 0.321 e. The van der Waals surface area contributed by atoms with E-state index in [1.54, 1.807) is 12.1 Å². The molecule has 0 radical (unpaired) electrons. The van der Waals surface area contributed by atoms with E-state index in [9.17, 15) is 9.18 Å². The normalized spacial score (nSPS) is 10.7. The number of aromatic nitrogens is 2. The molecule has 0 aliphatic heterocycles. The average molecular weight is 334 g/mol. The molecule has 24 heavy (non-hydrogen) atoms. The van der Waals surface area contributed by atoms with E-state index in [0.29, 0.717) is 17.9 Å².